The van der Waals surface area contributed by atoms with Crippen LogP contribution in [0, 0.1) is 0 Å². The van der Waals surface area contributed by atoms with Crippen molar-refractivity contribution in [2.45, 2.75) is 84.0 Å². The molecule has 0 saturated carbocycles. The minimum Gasteiger partial charge on any atom is -0.380 e. The lowest BCUT2D eigenvalue weighted by atomic mass is 10.0. The predicted octanol–water partition coefficient (Wildman–Crippen LogP) is 6.06. The molecule has 1 unspecified atom stereocenters. The van der Waals surface area contributed by atoms with Crippen molar-refractivity contribution in [2.24, 2.45) is 0 Å². The van der Waals surface area contributed by atoms with Gasteiger partial charge in [0.15, 0.2) is 0 Å². The van der Waals surface area contributed by atoms with E-state index in [4.69, 9.17) is 8.74 Å². The van der Waals surface area contributed by atoms with Crippen molar-refractivity contribution in [2.75, 3.05) is 0 Å². The van der Waals surface area contributed by atoms with Crippen LogP contribution in [0.1, 0.15) is 83.1 Å². The van der Waals surface area contributed by atoms with Crippen LogP contribution in [-0.4, -0.2) is 8.76 Å². The van der Waals surface area contributed by atoms with Crippen molar-refractivity contribution in [3.63, 3.8) is 0 Å². The van der Waals surface area contributed by atoms with Crippen LogP contribution in [-0.2, 0) is 17.8 Å². The van der Waals surface area contributed by atoms with E-state index in [1.165, 1.54) is 64.2 Å². The van der Waals surface area contributed by atoms with Gasteiger partial charge in [0.05, 0.1) is 0 Å². The van der Waals surface area contributed by atoms with Gasteiger partial charge in [0.2, 0.25) is 0 Å². The molecular formula is C19H32O3S. The summed E-state index contributed by atoms with van der Waals surface area (Å²) < 4.78 is 24.5. The van der Waals surface area contributed by atoms with Crippen LogP contribution in [0.3, 0.4) is 0 Å². The fourth-order valence-electron chi connectivity index (χ4n) is 2.85. The van der Waals surface area contributed by atoms with Crippen LogP contribution < -0.4 is 4.18 Å². The van der Waals surface area contributed by atoms with E-state index in [1.54, 1.807) is 6.07 Å². The van der Waals surface area contributed by atoms with Crippen LogP contribution in [0.25, 0.3) is 0 Å². The number of hydrogen-bond donors (Lipinski definition) is 1. The Labute approximate surface area is 144 Å². The number of para-hydroxylation sites is 1. The Kier molecular flexibility index (Phi) is 11.9. The van der Waals surface area contributed by atoms with Gasteiger partial charge in [-0.3, -0.25) is 4.55 Å². The van der Waals surface area contributed by atoms with Gasteiger partial charge in [-0.2, -0.15) is 4.21 Å². The maximum Gasteiger partial charge on any atom is 0.357 e. The highest BCUT2D eigenvalue weighted by Crippen LogP contribution is 2.21. The highest BCUT2D eigenvalue weighted by atomic mass is 32.2. The molecule has 0 fully saturated rings. The zero-order valence-electron chi connectivity index (χ0n) is 14.5. The van der Waals surface area contributed by atoms with Gasteiger partial charge in [0.25, 0.3) is 0 Å². The molecular weight excluding hydrogens is 308 g/mol. The molecule has 1 atom stereocenters. The molecule has 0 saturated heterocycles. The van der Waals surface area contributed by atoms with Crippen molar-refractivity contribution in [3.05, 3.63) is 29.8 Å². The maximum atomic E-state index is 10.8. The van der Waals surface area contributed by atoms with Crippen molar-refractivity contribution in [3.8, 4) is 5.75 Å². The third-order valence-electron chi connectivity index (χ3n) is 4.18. The van der Waals surface area contributed by atoms with E-state index in [0.717, 1.165) is 18.4 Å². The van der Waals surface area contributed by atoms with Gasteiger partial charge in [0, 0.05) is 0 Å². The smallest absolute Gasteiger partial charge is 0.357 e. The quantitative estimate of drug-likeness (QED) is 0.331. The lowest BCUT2D eigenvalue weighted by molar-refractivity contribution is 0.454. The third-order valence-corrected chi connectivity index (χ3v) is 4.51. The predicted molar refractivity (Wildman–Crippen MR) is 98.0 cm³/mol. The molecule has 0 aliphatic carbocycles. The number of hydrogen-bond acceptors (Lipinski definition) is 2. The van der Waals surface area contributed by atoms with Gasteiger partial charge in [0.1, 0.15) is 5.75 Å². The van der Waals surface area contributed by atoms with Gasteiger partial charge in [-0.25, -0.2) is 0 Å². The minimum atomic E-state index is -2.24. The Morgan fingerprint density at radius 3 is 1.96 bits per heavy atom. The number of unbranched alkanes of at least 4 members (excludes halogenated alkanes) is 10. The van der Waals surface area contributed by atoms with Crippen molar-refractivity contribution < 1.29 is 12.9 Å². The zero-order valence-corrected chi connectivity index (χ0v) is 15.3. The number of rotatable bonds is 14. The molecule has 1 aromatic carbocycles. The Balaban J connectivity index is 2.04. The summed E-state index contributed by atoms with van der Waals surface area (Å²) in [5, 5.41) is 0. The second-order valence-corrected chi connectivity index (χ2v) is 6.79. The average molecular weight is 341 g/mol. The van der Waals surface area contributed by atoms with E-state index >= 15 is 0 Å². The average Bonchev–Trinajstić information content (AvgIpc) is 2.53. The van der Waals surface area contributed by atoms with Crippen LogP contribution >= 0.6 is 0 Å². The van der Waals surface area contributed by atoms with E-state index in [-0.39, 0.29) is 0 Å². The molecule has 0 amide bonds. The van der Waals surface area contributed by atoms with Crippen LogP contribution in [0.5, 0.6) is 5.75 Å². The molecule has 0 aliphatic heterocycles. The summed E-state index contributed by atoms with van der Waals surface area (Å²) in [6.45, 7) is 2.26. The first-order valence-corrected chi connectivity index (χ1v) is 10.1. The summed E-state index contributed by atoms with van der Waals surface area (Å²) >= 11 is -2.24. The third kappa shape index (κ3) is 10.5. The standard InChI is InChI=1S/C19H32O3S/c1-2-3-4-5-6-7-8-9-10-11-12-15-18-16-13-14-17-19(18)22-23(20)21/h13-14,16-17H,2-12,15H2,1H3,(H,20,21). The SMILES string of the molecule is CCCCCCCCCCCCCc1ccccc1OS(=O)O. The van der Waals surface area contributed by atoms with Gasteiger partial charge in [-0.05, 0) is 24.5 Å². The Morgan fingerprint density at radius 1 is 0.870 bits per heavy atom. The summed E-state index contributed by atoms with van der Waals surface area (Å²) in [6, 6.07) is 7.49. The first-order valence-electron chi connectivity index (χ1n) is 9.11. The Bertz CT molecular complexity index is 434. The Hall–Kier alpha value is -0.870. The van der Waals surface area contributed by atoms with Crippen molar-refractivity contribution in [1.82, 2.24) is 0 Å². The molecule has 23 heavy (non-hydrogen) atoms. The van der Waals surface area contributed by atoms with E-state index in [2.05, 4.69) is 6.92 Å². The molecule has 4 heteroatoms. The monoisotopic (exact) mass is 340 g/mol. The van der Waals surface area contributed by atoms with Gasteiger partial charge >= 0.3 is 11.4 Å². The summed E-state index contributed by atoms with van der Waals surface area (Å²) in [7, 11) is 0. The topological polar surface area (TPSA) is 46.5 Å². The molecule has 1 rings (SSSR count). The first kappa shape index (κ1) is 20.2. The van der Waals surface area contributed by atoms with Crippen LogP contribution in [0.15, 0.2) is 24.3 Å². The lowest BCUT2D eigenvalue weighted by Gasteiger charge is -2.07. The highest BCUT2D eigenvalue weighted by Gasteiger charge is 2.05. The summed E-state index contributed by atoms with van der Waals surface area (Å²) in [4.78, 5) is 0. The van der Waals surface area contributed by atoms with Crippen molar-refractivity contribution >= 4 is 11.4 Å². The van der Waals surface area contributed by atoms with Gasteiger partial charge in [-0.15, -0.1) is 0 Å². The van der Waals surface area contributed by atoms with E-state index in [9.17, 15) is 4.21 Å². The molecule has 1 N–H and O–H groups in total. The number of aryl methyl sites for hydroxylation is 1. The molecule has 0 bridgehead atoms. The summed E-state index contributed by atoms with van der Waals surface area (Å²) in [6.07, 6.45) is 15.5. The molecule has 0 spiro atoms. The molecule has 3 nitrogen and oxygen atoms in total. The minimum absolute atomic E-state index is 0.528. The fourth-order valence-corrected chi connectivity index (χ4v) is 3.16. The van der Waals surface area contributed by atoms with Crippen LogP contribution in [0.2, 0.25) is 0 Å². The molecule has 0 aliphatic rings. The number of benzene rings is 1. The zero-order chi connectivity index (χ0) is 16.8. The van der Waals surface area contributed by atoms with Gasteiger partial charge in [-0.1, -0.05) is 89.3 Å². The molecule has 0 aromatic heterocycles. The van der Waals surface area contributed by atoms with E-state index in [1.807, 2.05) is 18.2 Å². The largest absolute Gasteiger partial charge is 0.380 e. The second kappa shape index (κ2) is 13.6. The van der Waals surface area contributed by atoms with Gasteiger partial charge < -0.3 is 4.18 Å². The summed E-state index contributed by atoms with van der Waals surface area (Å²) in [5.74, 6) is 0.528. The molecule has 132 valence electrons. The second-order valence-electron chi connectivity index (χ2n) is 6.19. The van der Waals surface area contributed by atoms with E-state index in [0.29, 0.717) is 5.75 Å². The van der Waals surface area contributed by atoms with E-state index < -0.39 is 11.4 Å². The first-order chi connectivity index (χ1) is 11.2. The lowest BCUT2D eigenvalue weighted by Crippen LogP contribution is -2.00. The fraction of sp³-hybridized carbons (Fsp3) is 0.684. The van der Waals surface area contributed by atoms with Crippen molar-refractivity contribution in [1.29, 1.82) is 0 Å². The molecule has 0 radical (unpaired) electrons. The highest BCUT2D eigenvalue weighted by molar-refractivity contribution is 7.74. The Morgan fingerprint density at radius 2 is 1.39 bits per heavy atom. The maximum absolute atomic E-state index is 10.8. The van der Waals surface area contributed by atoms with Crippen LogP contribution in [0.4, 0.5) is 0 Å². The normalized spacial score (nSPS) is 12.3. The summed E-state index contributed by atoms with van der Waals surface area (Å²) in [5.41, 5.74) is 1.02. The molecule has 1 aromatic rings. The molecule has 0 heterocycles.